The number of hydrogen-bond donors (Lipinski definition) is 1. The number of rotatable bonds is 5. The van der Waals surface area contributed by atoms with Crippen molar-refractivity contribution in [2.24, 2.45) is 0 Å². The van der Waals surface area contributed by atoms with Gasteiger partial charge >= 0.3 is 0 Å². The van der Waals surface area contributed by atoms with Gasteiger partial charge in [-0.15, -0.1) is 0 Å². The molecule has 4 rings (SSSR count). The maximum Gasteiger partial charge on any atom is 0.255 e. The summed E-state index contributed by atoms with van der Waals surface area (Å²) in [6.45, 7) is 3.85. The summed E-state index contributed by atoms with van der Waals surface area (Å²) >= 11 is 0. The average molecular weight is 385 g/mol. The van der Waals surface area contributed by atoms with Gasteiger partial charge in [-0.3, -0.25) is 9.36 Å². The van der Waals surface area contributed by atoms with Gasteiger partial charge in [0.15, 0.2) is 0 Å². The molecule has 0 saturated carbocycles. The Kier molecular flexibility index (Phi) is 5.03. The van der Waals surface area contributed by atoms with Gasteiger partial charge in [-0.2, -0.15) is 0 Å². The van der Waals surface area contributed by atoms with Crippen LogP contribution in [0, 0.1) is 13.8 Å². The summed E-state index contributed by atoms with van der Waals surface area (Å²) in [5, 5.41) is 2.88. The fourth-order valence-electron chi connectivity index (χ4n) is 2.85. The summed E-state index contributed by atoms with van der Waals surface area (Å²) in [7, 11) is 0. The number of aromatic nitrogens is 4. The third kappa shape index (κ3) is 4.30. The fourth-order valence-corrected chi connectivity index (χ4v) is 2.85. The number of carbonyl (C=O) groups excluding carboxylic acids is 1. The van der Waals surface area contributed by atoms with Crippen LogP contribution in [-0.4, -0.2) is 25.4 Å². The van der Waals surface area contributed by atoms with E-state index in [9.17, 15) is 4.79 Å². The lowest BCUT2D eigenvalue weighted by Gasteiger charge is -2.09. The molecule has 1 N–H and O–H groups in total. The van der Waals surface area contributed by atoms with E-state index in [0.717, 1.165) is 11.4 Å². The number of hydrogen-bond acceptors (Lipinski definition) is 5. The first kappa shape index (κ1) is 18.4. The van der Waals surface area contributed by atoms with Gasteiger partial charge < -0.3 is 10.1 Å². The topological polar surface area (TPSA) is 81.9 Å². The Morgan fingerprint density at radius 1 is 1.00 bits per heavy atom. The van der Waals surface area contributed by atoms with Crippen LogP contribution in [-0.2, 0) is 0 Å². The molecule has 0 aliphatic carbocycles. The molecule has 7 nitrogen and oxygen atoms in total. The van der Waals surface area contributed by atoms with E-state index < -0.39 is 0 Å². The molecule has 29 heavy (non-hydrogen) atoms. The molecular formula is C22H19N5O2. The predicted molar refractivity (Wildman–Crippen MR) is 110 cm³/mol. The molecular weight excluding hydrogens is 366 g/mol. The first-order valence-corrected chi connectivity index (χ1v) is 9.07. The Morgan fingerprint density at radius 3 is 2.55 bits per heavy atom. The zero-order chi connectivity index (χ0) is 20.2. The maximum atomic E-state index is 12.4. The van der Waals surface area contributed by atoms with E-state index in [4.69, 9.17) is 4.74 Å². The lowest BCUT2D eigenvalue weighted by molar-refractivity contribution is 0.102. The molecule has 1 amide bonds. The average Bonchev–Trinajstić information content (AvgIpc) is 3.16. The highest BCUT2D eigenvalue weighted by Crippen LogP contribution is 2.23. The lowest BCUT2D eigenvalue weighted by Crippen LogP contribution is -2.11. The first-order chi connectivity index (χ1) is 14.1. The van der Waals surface area contributed by atoms with Gasteiger partial charge in [0.25, 0.3) is 5.91 Å². The van der Waals surface area contributed by atoms with Crippen molar-refractivity contribution >= 4 is 11.6 Å². The number of amides is 1. The summed E-state index contributed by atoms with van der Waals surface area (Å²) in [6, 6.07) is 16.3. The highest BCUT2D eigenvalue weighted by atomic mass is 16.5. The van der Waals surface area contributed by atoms with E-state index >= 15 is 0 Å². The normalized spacial score (nSPS) is 10.6. The van der Waals surface area contributed by atoms with E-state index in [1.807, 2.05) is 42.8 Å². The number of benzene rings is 2. The lowest BCUT2D eigenvalue weighted by atomic mass is 10.1. The standard InChI is InChI=1S/C22H19N5O2/c1-15-4-3-5-17(12-15)22(28)26-18-6-8-19(9-7-18)29-21-13-20(24-14-25-21)27-11-10-23-16(27)2/h3-14H,1-2H3,(H,26,28). The van der Waals surface area contributed by atoms with Crippen molar-refractivity contribution in [3.8, 4) is 17.4 Å². The number of anilines is 1. The smallest absolute Gasteiger partial charge is 0.255 e. The molecule has 144 valence electrons. The predicted octanol–water partition coefficient (Wildman–Crippen LogP) is 4.32. The third-order valence-electron chi connectivity index (χ3n) is 4.31. The van der Waals surface area contributed by atoms with E-state index in [-0.39, 0.29) is 5.91 Å². The Balaban J connectivity index is 1.45. The van der Waals surface area contributed by atoms with Crippen molar-refractivity contribution in [3.63, 3.8) is 0 Å². The SMILES string of the molecule is Cc1cccc(C(=O)Nc2ccc(Oc3cc(-n4ccnc4C)ncn3)cc2)c1. The zero-order valence-corrected chi connectivity index (χ0v) is 16.0. The quantitative estimate of drug-likeness (QED) is 0.553. The van der Waals surface area contributed by atoms with E-state index in [2.05, 4.69) is 20.3 Å². The van der Waals surface area contributed by atoms with Crippen LogP contribution in [0.3, 0.4) is 0 Å². The van der Waals surface area contributed by atoms with Gasteiger partial charge in [-0.05, 0) is 50.2 Å². The highest BCUT2D eigenvalue weighted by Gasteiger charge is 2.08. The number of nitrogens with one attached hydrogen (secondary N) is 1. The Hall–Kier alpha value is -4.00. The Bertz CT molecular complexity index is 1150. The molecule has 0 saturated heterocycles. The molecule has 0 atom stereocenters. The van der Waals surface area contributed by atoms with Crippen LogP contribution in [0.15, 0.2) is 73.3 Å². The molecule has 0 spiro atoms. The van der Waals surface area contributed by atoms with Crippen molar-refractivity contribution in [1.29, 1.82) is 0 Å². The van der Waals surface area contributed by atoms with Crippen LogP contribution in [0.25, 0.3) is 5.82 Å². The van der Waals surface area contributed by atoms with Crippen molar-refractivity contribution in [3.05, 3.63) is 90.3 Å². The second-order valence-electron chi connectivity index (χ2n) is 6.51. The molecule has 2 aromatic carbocycles. The highest BCUT2D eigenvalue weighted by molar-refractivity contribution is 6.04. The van der Waals surface area contributed by atoms with Crippen LogP contribution in [0.5, 0.6) is 11.6 Å². The van der Waals surface area contributed by atoms with Gasteiger partial charge in [0, 0.05) is 29.7 Å². The van der Waals surface area contributed by atoms with Crippen molar-refractivity contribution in [1.82, 2.24) is 19.5 Å². The van der Waals surface area contributed by atoms with Gasteiger partial charge in [-0.25, -0.2) is 15.0 Å². The maximum absolute atomic E-state index is 12.4. The number of carbonyl (C=O) groups is 1. The Labute approximate surface area is 168 Å². The van der Waals surface area contributed by atoms with E-state index in [1.165, 1.54) is 6.33 Å². The third-order valence-corrected chi connectivity index (χ3v) is 4.31. The zero-order valence-electron chi connectivity index (χ0n) is 16.0. The van der Waals surface area contributed by atoms with E-state index in [1.54, 1.807) is 42.6 Å². The molecule has 2 aromatic heterocycles. The Morgan fingerprint density at radius 2 is 1.83 bits per heavy atom. The molecule has 0 bridgehead atoms. The molecule has 0 aliphatic rings. The minimum Gasteiger partial charge on any atom is -0.439 e. The minimum absolute atomic E-state index is 0.154. The minimum atomic E-state index is -0.154. The van der Waals surface area contributed by atoms with Crippen molar-refractivity contribution in [2.45, 2.75) is 13.8 Å². The van der Waals surface area contributed by atoms with E-state index in [0.29, 0.717) is 28.7 Å². The monoisotopic (exact) mass is 385 g/mol. The summed E-state index contributed by atoms with van der Waals surface area (Å²) < 4.78 is 7.67. The molecule has 7 heteroatoms. The van der Waals surface area contributed by atoms with Crippen LogP contribution < -0.4 is 10.1 Å². The summed E-state index contributed by atoms with van der Waals surface area (Å²) in [5.74, 6) is 2.36. The largest absolute Gasteiger partial charge is 0.439 e. The fraction of sp³-hybridized carbons (Fsp3) is 0.0909. The molecule has 0 unspecified atom stereocenters. The van der Waals surface area contributed by atoms with Gasteiger partial charge in [0.2, 0.25) is 5.88 Å². The van der Waals surface area contributed by atoms with Crippen LogP contribution in [0.1, 0.15) is 21.7 Å². The second kappa shape index (κ2) is 7.93. The molecule has 0 fully saturated rings. The summed E-state index contributed by atoms with van der Waals surface area (Å²) in [6.07, 6.45) is 4.98. The van der Waals surface area contributed by atoms with Gasteiger partial charge in [-0.1, -0.05) is 17.7 Å². The first-order valence-electron chi connectivity index (χ1n) is 9.07. The van der Waals surface area contributed by atoms with Gasteiger partial charge in [0.05, 0.1) is 0 Å². The van der Waals surface area contributed by atoms with Crippen LogP contribution in [0.2, 0.25) is 0 Å². The van der Waals surface area contributed by atoms with Gasteiger partial charge in [0.1, 0.15) is 23.7 Å². The number of imidazole rings is 1. The molecule has 0 aliphatic heterocycles. The van der Waals surface area contributed by atoms with Crippen molar-refractivity contribution in [2.75, 3.05) is 5.32 Å². The van der Waals surface area contributed by atoms with Crippen molar-refractivity contribution < 1.29 is 9.53 Å². The molecule has 4 aromatic rings. The van der Waals surface area contributed by atoms with Crippen LogP contribution >= 0.6 is 0 Å². The second-order valence-corrected chi connectivity index (χ2v) is 6.51. The molecule has 0 radical (unpaired) electrons. The van der Waals surface area contributed by atoms with Crippen LogP contribution in [0.4, 0.5) is 5.69 Å². The summed E-state index contributed by atoms with van der Waals surface area (Å²) in [5.41, 5.74) is 2.34. The number of ether oxygens (including phenoxy) is 1. The molecule has 2 heterocycles. The number of nitrogens with zero attached hydrogens (tertiary/aromatic N) is 4. The number of aryl methyl sites for hydroxylation is 2. The summed E-state index contributed by atoms with van der Waals surface area (Å²) in [4.78, 5) is 25.0.